The molecule has 1 aliphatic carbocycles. The van der Waals surface area contributed by atoms with Crippen LogP contribution in [0.4, 0.5) is 0 Å². The minimum Gasteiger partial charge on any atom is -0.497 e. The molecule has 0 unspecified atom stereocenters. The molecular weight excluding hydrogens is 416 g/mol. The van der Waals surface area contributed by atoms with E-state index in [1.165, 1.54) is 17.6 Å². The number of H-pyrrole nitrogens is 1. The molecule has 0 saturated carbocycles. The third-order valence-electron chi connectivity index (χ3n) is 4.97. The number of aromatic nitrogens is 2. The summed E-state index contributed by atoms with van der Waals surface area (Å²) in [6, 6.07) is 7.88. The molecular formula is C28H33ClN2O. The van der Waals surface area contributed by atoms with E-state index in [2.05, 4.69) is 49.5 Å². The van der Waals surface area contributed by atoms with Crippen molar-refractivity contribution in [2.75, 3.05) is 7.11 Å². The summed E-state index contributed by atoms with van der Waals surface area (Å²) in [5.41, 5.74) is 5.89. The molecule has 32 heavy (non-hydrogen) atoms. The van der Waals surface area contributed by atoms with Crippen molar-refractivity contribution in [1.29, 1.82) is 0 Å². The lowest BCUT2D eigenvalue weighted by Crippen LogP contribution is -1.82. The fourth-order valence-corrected chi connectivity index (χ4v) is 2.97. The van der Waals surface area contributed by atoms with Crippen LogP contribution >= 0.6 is 11.6 Å². The number of methoxy groups -OCH3 is 1. The molecule has 0 aliphatic heterocycles. The van der Waals surface area contributed by atoms with Gasteiger partial charge in [0.25, 0.3) is 0 Å². The van der Waals surface area contributed by atoms with Crippen molar-refractivity contribution in [3.8, 4) is 5.75 Å². The number of allylic oxidation sites excluding steroid dienone is 9. The van der Waals surface area contributed by atoms with Crippen LogP contribution in [0, 0.1) is 0 Å². The van der Waals surface area contributed by atoms with Gasteiger partial charge in [0.2, 0.25) is 0 Å². The van der Waals surface area contributed by atoms with Crippen molar-refractivity contribution in [2.24, 2.45) is 0 Å². The third kappa shape index (κ3) is 8.99. The first-order chi connectivity index (χ1) is 15.4. The van der Waals surface area contributed by atoms with Gasteiger partial charge in [-0.2, -0.15) is 0 Å². The molecule has 1 aromatic heterocycles. The minimum atomic E-state index is 0.760. The number of hydrogen-bond acceptors (Lipinski definition) is 2. The standard InChI is InChI=1S/C19H17ClN2O.C9H16/c1-23-17-10-5-14(6-11-17)7-12-19-21-13-18(22-19)15-3-2-4-16(20)9-8-15;1-5-9(4)7-6-8(2)3/h3-13H,2H2,1H3,(H,21,22);5H,2,6-7H2,1,3-4H3/b12-7+;9-5-. The van der Waals surface area contributed by atoms with E-state index in [0.717, 1.165) is 46.3 Å². The van der Waals surface area contributed by atoms with Gasteiger partial charge in [-0.15, -0.1) is 6.58 Å². The maximum Gasteiger partial charge on any atom is 0.130 e. The second-order valence-corrected chi connectivity index (χ2v) is 8.13. The highest BCUT2D eigenvalue weighted by molar-refractivity contribution is 6.31. The Balaban J connectivity index is 0.000000344. The van der Waals surface area contributed by atoms with Gasteiger partial charge in [-0.25, -0.2) is 4.98 Å². The maximum atomic E-state index is 6.01. The molecule has 4 heteroatoms. The Hall–Kier alpha value is -3.04. The molecule has 0 amide bonds. The van der Waals surface area contributed by atoms with Gasteiger partial charge in [-0.3, -0.25) is 0 Å². The maximum absolute atomic E-state index is 6.01. The Morgan fingerprint density at radius 3 is 2.53 bits per heavy atom. The van der Waals surface area contributed by atoms with Crippen LogP contribution in [0.25, 0.3) is 17.7 Å². The number of nitrogens with zero attached hydrogens (tertiary/aromatic N) is 1. The van der Waals surface area contributed by atoms with Gasteiger partial charge in [0.05, 0.1) is 19.0 Å². The summed E-state index contributed by atoms with van der Waals surface area (Å²) >= 11 is 6.01. The zero-order valence-corrected chi connectivity index (χ0v) is 20.2. The quantitative estimate of drug-likeness (QED) is 0.432. The Kier molecular flexibility index (Phi) is 10.6. The normalized spacial score (nSPS) is 13.7. The van der Waals surface area contributed by atoms with Gasteiger partial charge in [0, 0.05) is 5.03 Å². The number of halogens is 1. The van der Waals surface area contributed by atoms with Crippen LogP contribution in [-0.4, -0.2) is 17.1 Å². The van der Waals surface area contributed by atoms with Crippen LogP contribution in [0.1, 0.15) is 57.1 Å². The monoisotopic (exact) mass is 448 g/mol. The summed E-state index contributed by atoms with van der Waals surface area (Å²) in [6.45, 7) is 10.1. The first-order valence-corrected chi connectivity index (χ1v) is 11.2. The molecule has 2 aromatic rings. The lowest BCUT2D eigenvalue weighted by molar-refractivity contribution is 0.415. The summed E-state index contributed by atoms with van der Waals surface area (Å²) in [5, 5.41) is 0.760. The predicted molar refractivity (Wildman–Crippen MR) is 140 cm³/mol. The Morgan fingerprint density at radius 2 is 1.88 bits per heavy atom. The number of aromatic amines is 1. The van der Waals surface area contributed by atoms with E-state index in [-0.39, 0.29) is 0 Å². The molecule has 0 spiro atoms. The molecule has 3 rings (SSSR count). The number of hydrogen-bond donors (Lipinski definition) is 1. The van der Waals surface area contributed by atoms with Gasteiger partial charge in [0.1, 0.15) is 11.6 Å². The molecule has 1 heterocycles. The van der Waals surface area contributed by atoms with Crippen LogP contribution in [0.2, 0.25) is 0 Å². The average Bonchev–Trinajstić information content (AvgIpc) is 3.17. The van der Waals surface area contributed by atoms with Crippen LogP contribution in [0.3, 0.4) is 0 Å². The van der Waals surface area contributed by atoms with Gasteiger partial charge >= 0.3 is 0 Å². The molecule has 0 fully saturated rings. The second kappa shape index (κ2) is 13.4. The number of nitrogens with one attached hydrogen (secondary N) is 1. The van der Waals surface area contributed by atoms with Gasteiger partial charge in [-0.1, -0.05) is 65.3 Å². The van der Waals surface area contributed by atoms with E-state index >= 15 is 0 Å². The van der Waals surface area contributed by atoms with E-state index < -0.39 is 0 Å². The van der Waals surface area contributed by atoms with Crippen molar-refractivity contribution < 1.29 is 4.74 Å². The number of imidazole rings is 1. The van der Waals surface area contributed by atoms with Crippen molar-refractivity contribution in [1.82, 2.24) is 9.97 Å². The Bertz CT molecular complexity index is 1030. The lowest BCUT2D eigenvalue weighted by atomic mass is 10.1. The summed E-state index contributed by atoms with van der Waals surface area (Å²) in [4.78, 5) is 7.71. The van der Waals surface area contributed by atoms with Crippen LogP contribution in [0.15, 0.2) is 83.6 Å². The van der Waals surface area contributed by atoms with E-state index in [9.17, 15) is 0 Å². The van der Waals surface area contributed by atoms with Crippen molar-refractivity contribution in [3.63, 3.8) is 0 Å². The van der Waals surface area contributed by atoms with Crippen LogP contribution in [0.5, 0.6) is 5.75 Å². The fourth-order valence-electron chi connectivity index (χ4n) is 2.82. The summed E-state index contributed by atoms with van der Waals surface area (Å²) in [6.07, 6.45) is 19.1. The second-order valence-electron chi connectivity index (χ2n) is 7.70. The van der Waals surface area contributed by atoms with Gasteiger partial charge in [0.15, 0.2) is 0 Å². The lowest BCUT2D eigenvalue weighted by Gasteiger charge is -1.98. The van der Waals surface area contributed by atoms with Crippen LogP contribution in [-0.2, 0) is 0 Å². The zero-order chi connectivity index (χ0) is 23.3. The van der Waals surface area contributed by atoms with E-state index in [0.29, 0.717) is 0 Å². The largest absolute Gasteiger partial charge is 0.497 e. The summed E-state index contributed by atoms with van der Waals surface area (Å²) in [7, 11) is 1.66. The molecule has 0 bridgehead atoms. The Labute approximate surface area is 197 Å². The number of ether oxygens (including phenoxy) is 1. The minimum absolute atomic E-state index is 0.760. The Morgan fingerprint density at radius 1 is 1.12 bits per heavy atom. The average molecular weight is 449 g/mol. The summed E-state index contributed by atoms with van der Waals surface area (Å²) < 4.78 is 5.15. The molecule has 0 saturated heterocycles. The molecule has 1 N–H and O–H groups in total. The number of rotatable bonds is 7. The first kappa shape index (κ1) is 25.2. The van der Waals surface area contributed by atoms with Gasteiger partial charge < -0.3 is 9.72 Å². The van der Waals surface area contributed by atoms with Gasteiger partial charge in [-0.05, 0) is 75.5 Å². The molecule has 1 aromatic carbocycles. The van der Waals surface area contributed by atoms with E-state index in [1.54, 1.807) is 7.11 Å². The highest BCUT2D eigenvalue weighted by atomic mass is 35.5. The highest BCUT2D eigenvalue weighted by Gasteiger charge is 2.04. The molecule has 3 nitrogen and oxygen atoms in total. The topological polar surface area (TPSA) is 37.9 Å². The molecule has 1 aliphatic rings. The van der Waals surface area contributed by atoms with Crippen molar-refractivity contribution in [3.05, 3.63) is 101 Å². The highest BCUT2D eigenvalue weighted by Crippen LogP contribution is 2.21. The smallest absolute Gasteiger partial charge is 0.130 e. The molecule has 168 valence electrons. The number of benzene rings is 1. The predicted octanol–water partition coefficient (Wildman–Crippen LogP) is 8.36. The van der Waals surface area contributed by atoms with Crippen molar-refractivity contribution >= 4 is 29.3 Å². The first-order valence-electron chi connectivity index (χ1n) is 10.8. The van der Waals surface area contributed by atoms with Crippen LogP contribution < -0.4 is 4.74 Å². The van der Waals surface area contributed by atoms with E-state index in [1.807, 2.05) is 60.8 Å². The zero-order valence-electron chi connectivity index (χ0n) is 19.5. The van der Waals surface area contributed by atoms with E-state index in [4.69, 9.17) is 16.3 Å². The molecule has 0 radical (unpaired) electrons. The fraction of sp³-hybridized carbons (Fsp3) is 0.250. The third-order valence-corrected chi connectivity index (χ3v) is 5.25. The molecule has 0 atom stereocenters. The summed E-state index contributed by atoms with van der Waals surface area (Å²) in [5.74, 6) is 1.66. The van der Waals surface area contributed by atoms with Crippen molar-refractivity contribution in [2.45, 2.75) is 40.0 Å². The SMILES string of the molecule is C=C(C)CC/C(C)=C\C.COc1ccc(/C=C/c2ncc(C3=CCC=C(Cl)C=C3)[nH]2)cc1.